The number of ketones is 1. The summed E-state index contributed by atoms with van der Waals surface area (Å²) < 4.78 is 5.95. The Morgan fingerprint density at radius 1 is 1.06 bits per heavy atom. The van der Waals surface area contributed by atoms with E-state index in [0.717, 1.165) is 11.1 Å². The summed E-state index contributed by atoms with van der Waals surface area (Å²) in [4.78, 5) is 12.1. The highest BCUT2D eigenvalue weighted by Crippen LogP contribution is 2.35. The van der Waals surface area contributed by atoms with Crippen molar-refractivity contribution in [2.45, 2.75) is 19.4 Å². The highest BCUT2D eigenvalue weighted by Gasteiger charge is 2.27. The Bertz CT molecular complexity index is 602. The molecule has 3 rings (SSSR count). The van der Waals surface area contributed by atoms with E-state index < -0.39 is 0 Å². The molecule has 1 atom stereocenters. The van der Waals surface area contributed by atoms with Crippen molar-refractivity contribution in [2.75, 3.05) is 0 Å². The molecule has 0 saturated heterocycles. The van der Waals surface area contributed by atoms with Gasteiger partial charge in [0.25, 0.3) is 0 Å². The van der Waals surface area contributed by atoms with E-state index in [9.17, 15) is 4.79 Å². The third-order valence-corrected chi connectivity index (χ3v) is 3.36. The summed E-state index contributed by atoms with van der Waals surface area (Å²) in [5.41, 5.74) is 2.96. The zero-order valence-electron chi connectivity index (χ0n) is 10.2. The summed E-state index contributed by atoms with van der Waals surface area (Å²) in [5.74, 6) is 0.854. The Morgan fingerprint density at radius 2 is 1.78 bits per heavy atom. The number of benzene rings is 2. The van der Waals surface area contributed by atoms with Crippen molar-refractivity contribution >= 4 is 5.78 Å². The van der Waals surface area contributed by atoms with Crippen molar-refractivity contribution < 1.29 is 9.53 Å². The number of hydrogen-bond donors (Lipinski definition) is 0. The highest BCUT2D eigenvalue weighted by molar-refractivity contribution is 5.99. The predicted octanol–water partition coefficient (Wildman–Crippen LogP) is 3.70. The molecule has 0 aliphatic carbocycles. The molecule has 2 nitrogen and oxygen atoms in total. The molecule has 0 fully saturated rings. The molecule has 2 aromatic carbocycles. The molecule has 0 aromatic heterocycles. The van der Waals surface area contributed by atoms with Crippen LogP contribution >= 0.6 is 0 Å². The van der Waals surface area contributed by atoms with Crippen LogP contribution in [0.3, 0.4) is 0 Å². The number of ether oxygens (including phenoxy) is 1. The van der Waals surface area contributed by atoms with Crippen LogP contribution in [0.4, 0.5) is 0 Å². The van der Waals surface area contributed by atoms with Gasteiger partial charge in [-0.2, -0.15) is 0 Å². The van der Waals surface area contributed by atoms with Crippen LogP contribution in [0.5, 0.6) is 5.75 Å². The molecule has 0 amide bonds. The SMILES string of the molecule is Cc1ccccc1[C@H]1CC(=O)c2ccccc2O1. The first-order chi connectivity index (χ1) is 8.75. The summed E-state index contributed by atoms with van der Waals surface area (Å²) in [6.45, 7) is 2.05. The smallest absolute Gasteiger partial charge is 0.170 e. The standard InChI is InChI=1S/C16H14O2/c1-11-6-2-3-7-12(11)16-10-14(17)13-8-4-5-9-15(13)18-16/h2-9,16H,10H2,1H3/t16-/m1/s1. The maximum Gasteiger partial charge on any atom is 0.170 e. The zero-order valence-corrected chi connectivity index (χ0v) is 10.2. The van der Waals surface area contributed by atoms with Crippen LogP contribution < -0.4 is 4.74 Å². The average molecular weight is 238 g/mol. The second-order valence-corrected chi connectivity index (χ2v) is 4.59. The van der Waals surface area contributed by atoms with Crippen LogP contribution in [-0.2, 0) is 0 Å². The summed E-state index contributed by atoms with van der Waals surface area (Å²) >= 11 is 0. The molecule has 0 unspecified atom stereocenters. The molecule has 18 heavy (non-hydrogen) atoms. The Hall–Kier alpha value is -2.09. The van der Waals surface area contributed by atoms with Gasteiger partial charge in [-0.3, -0.25) is 4.79 Å². The Morgan fingerprint density at radius 3 is 2.61 bits per heavy atom. The van der Waals surface area contributed by atoms with E-state index in [1.54, 1.807) is 0 Å². The molecule has 0 radical (unpaired) electrons. The van der Waals surface area contributed by atoms with Gasteiger partial charge in [-0.05, 0) is 30.2 Å². The van der Waals surface area contributed by atoms with Gasteiger partial charge in [-0.15, -0.1) is 0 Å². The molecular formula is C16H14O2. The molecule has 0 N–H and O–H groups in total. The zero-order chi connectivity index (χ0) is 12.5. The van der Waals surface area contributed by atoms with Gasteiger partial charge in [0.2, 0.25) is 0 Å². The van der Waals surface area contributed by atoms with E-state index in [2.05, 4.69) is 0 Å². The van der Waals surface area contributed by atoms with Crippen molar-refractivity contribution in [3.63, 3.8) is 0 Å². The number of Topliss-reactive ketones (excluding diaryl/α,β-unsaturated/α-hetero) is 1. The number of para-hydroxylation sites is 1. The summed E-state index contributed by atoms with van der Waals surface area (Å²) in [6.07, 6.45) is 0.260. The van der Waals surface area contributed by atoms with Crippen LogP contribution in [0.1, 0.15) is 34.0 Å². The summed E-state index contributed by atoms with van der Waals surface area (Å²) in [7, 11) is 0. The summed E-state index contributed by atoms with van der Waals surface area (Å²) in [5, 5.41) is 0. The molecule has 0 saturated carbocycles. The van der Waals surface area contributed by atoms with Gasteiger partial charge in [-0.25, -0.2) is 0 Å². The molecule has 0 spiro atoms. The van der Waals surface area contributed by atoms with Gasteiger partial charge in [0.1, 0.15) is 11.9 Å². The van der Waals surface area contributed by atoms with E-state index in [1.807, 2.05) is 55.5 Å². The van der Waals surface area contributed by atoms with Crippen molar-refractivity contribution in [3.8, 4) is 5.75 Å². The molecule has 1 aliphatic rings. The average Bonchev–Trinajstić information content (AvgIpc) is 2.39. The van der Waals surface area contributed by atoms with E-state index >= 15 is 0 Å². The lowest BCUT2D eigenvalue weighted by atomic mass is 9.94. The molecule has 1 aliphatic heterocycles. The maximum atomic E-state index is 12.1. The number of hydrogen-bond acceptors (Lipinski definition) is 2. The fourth-order valence-corrected chi connectivity index (χ4v) is 2.39. The quantitative estimate of drug-likeness (QED) is 0.757. The lowest BCUT2D eigenvalue weighted by Gasteiger charge is -2.26. The van der Waals surface area contributed by atoms with E-state index in [-0.39, 0.29) is 11.9 Å². The maximum absolute atomic E-state index is 12.1. The molecule has 90 valence electrons. The van der Waals surface area contributed by atoms with Crippen LogP contribution in [0, 0.1) is 6.92 Å². The number of aryl methyl sites for hydroxylation is 1. The topological polar surface area (TPSA) is 26.3 Å². The van der Waals surface area contributed by atoms with Crippen LogP contribution in [-0.4, -0.2) is 5.78 Å². The number of carbonyl (C=O) groups is 1. The van der Waals surface area contributed by atoms with Gasteiger partial charge < -0.3 is 4.74 Å². The number of carbonyl (C=O) groups excluding carboxylic acids is 1. The van der Waals surface area contributed by atoms with Gasteiger partial charge in [-0.1, -0.05) is 36.4 Å². The molecule has 0 bridgehead atoms. The van der Waals surface area contributed by atoms with Gasteiger partial charge >= 0.3 is 0 Å². The largest absolute Gasteiger partial charge is 0.484 e. The van der Waals surface area contributed by atoms with Gasteiger partial charge in [0.05, 0.1) is 12.0 Å². The molecule has 1 heterocycles. The molecular weight excluding hydrogens is 224 g/mol. The van der Waals surface area contributed by atoms with Gasteiger partial charge in [0.15, 0.2) is 5.78 Å². The second-order valence-electron chi connectivity index (χ2n) is 4.59. The minimum Gasteiger partial charge on any atom is -0.484 e. The van der Waals surface area contributed by atoms with E-state index in [4.69, 9.17) is 4.74 Å². The molecule has 2 aromatic rings. The van der Waals surface area contributed by atoms with Crippen molar-refractivity contribution in [1.29, 1.82) is 0 Å². The number of fused-ring (bicyclic) bond motifs is 1. The predicted molar refractivity (Wildman–Crippen MR) is 69.9 cm³/mol. The van der Waals surface area contributed by atoms with Gasteiger partial charge in [0, 0.05) is 0 Å². The van der Waals surface area contributed by atoms with E-state index in [1.165, 1.54) is 0 Å². The monoisotopic (exact) mass is 238 g/mol. The second kappa shape index (κ2) is 4.30. The third-order valence-electron chi connectivity index (χ3n) is 3.36. The lowest BCUT2D eigenvalue weighted by Crippen LogP contribution is -2.20. The van der Waals surface area contributed by atoms with Crippen LogP contribution in [0.25, 0.3) is 0 Å². The van der Waals surface area contributed by atoms with E-state index in [0.29, 0.717) is 17.7 Å². The Balaban J connectivity index is 2.00. The van der Waals surface area contributed by atoms with Crippen molar-refractivity contribution in [1.82, 2.24) is 0 Å². The lowest BCUT2D eigenvalue weighted by molar-refractivity contribution is 0.0849. The van der Waals surface area contributed by atoms with Crippen LogP contribution in [0.15, 0.2) is 48.5 Å². The number of rotatable bonds is 1. The summed E-state index contributed by atoms with van der Waals surface area (Å²) in [6, 6.07) is 15.5. The first kappa shape index (κ1) is 11.0. The first-order valence-corrected chi connectivity index (χ1v) is 6.10. The first-order valence-electron chi connectivity index (χ1n) is 6.10. The minimum atomic E-state index is -0.159. The normalized spacial score (nSPS) is 18.1. The minimum absolute atomic E-state index is 0.158. The van der Waals surface area contributed by atoms with Crippen LogP contribution in [0.2, 0.25) is 0 Å². The fraction of sp³-hybridized carbons (Fsp3) is 0.188. The Kier molecular flexibility index (Phi) is 2.63. The Labute approximate surface area is 106 Å². The molecule has 2 heteroatoms. The third kappa shape index (κ3) is 1.80. The highest BCUT2D eigenvalue weighted by atomic mass is 16.5. The fourth-order valence-electron chi connectivity index (χ4n) is 2.39. The van der Waals surface area contributed by atoms with Crippen molar-refractivity contribution in [3.05, 3.63) is 65.2 Å². The van der Waals surface area contributed by atoms with Crippen molar-refractivity contribution in [2.24, 2.45) is 0 Å².